The molecule has 0 amide bonds. The van der Waals surface area contributed by atoms with Crippen LogP contribution in [0.15, 0.2) is 23.0 Å². The molecule has 1 aliphatic heterocycles. The second kappa shape index (κ2) is 8.37. The molecule has 6 nitrogen and oxygen atoms in total. The summed E-state index contributed by atoms with van der Waals surface area (Å²) in [7, 11) is 0. The highest BCUT2D eigenvalue weighted by atomic mass is 16.5. The summed E-state index contributed by atoms with van der Waals surface area (Å²) in [6.07, 6.45) is 6.35. The molecule has 0 aliphatic carbocycles. The summed E-state index contributed by atoms with van der Waals surface area (Å²) in [6.45, 7) is 8.55. The van der Waals surface area contributed by atoms with E-state index < -0.39 is 5.97 Å². The third kappa shape index (κ3) is 3.89. The van der Waals surface area contributed by atoms with Crippen LogP contribution in [-0.2, 0) is 16.1 Å². The molecule has 0 aromatic carbocycles. The summed E-state index contributed by atoms with van der Waals surface area (Å²) in [4.78, 5) is 32.0. The first-order valence-corrected chi connectivity index (χ1v) is 9.70. The minimum Gasteiger partial charge on any atom is -0.463 e. The van der Waals surface area contributed by atoms with Crippen LogP contribution in [0.25, 0.3) is 17.1 Å². The van der Waals surface area contributed by atoms with Crippen LogP contribution in [-0.4, -0.2) is 35.2 Å². The lowest BCUT2D eigenvalue weighted by Crippen LogP contribution is -2.34. The van der Waals surface area contributed by atoms with E-state index in [1.165, 1.54) is 12.5 Å². The molecule has 6 heteroatoms. The van der Waals surface area contributed by atoms with Crippen molar-refractivity contribution in [1.29, 1.82) is 0 Å². The van der Waals surface area contributed by atoms with Crippen molar-refractivity contribution in [1.82, 2.24) is 9.55 Å². The third-order valence-corrected chi connectivity index (χ3v) is 4.90. The zero-order valence-electron chi connectivity index (χ0n) is 16.3. The number of anilines is 1. The molecule has 1 saturated heterocycles. The quantitative estimate of drug-likeness (QED) is 0.598. The number of hydrogen-bond donors (Lipinski definition) is 0. The summed E-state index contributed by atoms with van der Waals surface area (Å²) in [5.41, 5.74) is 2.02. The molecule has 2 aromatic rings. The zero-order chi connectivity index (χ0) is 19.4. The molecular formula is C21H27N3O3. The van der Waals surface area contributed by atoms with Gasteiger partial charge in [0.05, 0.1) is 17.6 Å². The van der Waals surface area contributed by atoms with Gasteiger partial charge in [-0.15, -0.1) is 0 Å². The van der Waals surface area contributed by atoms with Gasteiger partial charge in [0.25, 0.3) is 0 Å². The van der Waals surface area contributed by atoms with Gasteiger partial charge >= 0.3 is 5.97 Å². The van der Waals surface area contributed by atoms with Crippen molar-refractivity contribution in [3.63, 3.8) is 0 Å². The van der Waals surface area contributed by atoms with Gasteiger partial charge in [-0.3, -0.25) is 4.79 Å². The number of carbonyl (C=O) groups excluding carboxylic acids is 1. The number of carbonyl (C=O) groups is 1. The van der Waals surface area contributed by atoms with Crippen molar-refractivity contribution < 1.29 is 9.53 Å². The first kappa shape index (κ1) is 19.1. The summed E-state index contributed by atoms with van der Waals surface area (Å²) in [5, 5.41) is 0.576. The largest absolute Gasteiger partial charge is 0.463 e. The molecule has 0 radical (unpaired) electrons. The van der Waals surface area contributed by atoms with Gasteiger partial charge in [0.2, 0.25) is 0 Å². The molecule has 0 bridgehead atoms. The van der Waals surface area contributed by atoms with E-state index in [-0.39, 0.29) is 5.43 Å². The number of aromatic nitrogens is 2. The number of fused-ring (bicyclic) bond motifs is 1. The first-order valence-electron chi connectivity index (χ1n) is 9.70. The van der Waals surface area contributed by atoms with Crippen molar-refractivity contribution >= 4 is 28.9 Å². The number of piperidine rings is 1. The molecule has 2 aromatic heterocycles. The predicted molar refractivity (Wildman–Crippen MR) is 108 cm³/mol. The average Bonchev–Trinajstić information content (AvgIpc) is 2.67. The van der Waals surface area contributed by atoms with Gasteiger partial charge < -0.3 is 14.2 Å². The number of aryl methyl sites for hydroxylation is 2. The lowest BCUT2D eigenvalue weighted by molar-refractivity contribution is -0.137. The van der Waals surface area contributed by atoms with Gasteiger partial charge in [-0.05, 0) is 58.2 Å². The molecule has 144 valence electrons. The van der Waals surface area contributed by atoms with Gasteiger partial charge in [-0.1, -0.05) is 0 Å². The predicted octanol–water partition coefficient (Wildman–Crippen LogP) is 3.29. The second-order valence-electron chi connectivity index (χ2n) is 6.77. The monoisotopic (exact) mass is 369 g/mol. The van der Waals surface area contributed by atoms with Gasteiger partial charge in [0.15, 0.2) is 5.43 Å². The van der Waals surface area contributed by atoms with E-state index in [1.807, 2.05) is 19.1 Å². The van der Waals surface area contributed by atoms with Gasteiger partial charge in [0, 0.05) is 31.4 Å². The minimum absolute atomic E-state index is 0.0941. The Balaban J connectivity index is 2.26. The van der Waals surface area contributed by atoms with Crippen LogP contribution in [0.3, 0.4) is 0 Å². The first-order chi connectivity index (χ1) is 13.1. The summed E-state index contributed by atoms with van der Waals surface area (Å²) in [5.74, 6) is 0.417. The Morgan fingerprint density at radius 1 is 1.22 bits per heavy atom. The van der Waals surface area contributed by atoms with Crippen LogP contribution in [0, 0.1) is 6.92 Å². The van der Waals surface area contributed by atoms with Crippen LogP contribution in [0.5, 0.6) is 0 Å². The fraction of sp³-hybridized carbons (Fsp3) is 0.476. The van der Waals surface area contributed by atoms with Crippen LogP contribution < -0.4 is 10.3 Å². The van der Waals surface area contributed by atoms with E-state index in [4.69, 9.17) is 4.74 Å². The van der Waals surface area contributed by atoms with Crippen LogP contribution in [0.2, 0.25) is 0 Å². The maximum absolute atomic E-state index is 13.3. The molecule has 0 unspecified atom stereocenters. The third-order valence-electron chi connectivity index (χ3n) is 4.90. The summed E-state index contributed by atoms with van der Waals surface area (Å²) < 4.78 is 7.09. The van der Waals surface area contributed by atoms with E-state index in [2.05, 4.69) is 21.4 Å². The number of pyridine rings is 2. The van der Waals surface area contributed by atoms with Crippen molar-refractivity contribution in [3.05, 3.63) is 39.7 Å². The SMILES string of the molecule is CCOC(=O)/C=C/c1c(N2CCCCC2)n(CC)c2nc(C)ccc2c1=O. The van der Waals surface area contributed by atoms with E-state index >= 15 is 0 Å². The van der Waals surface area contributed by atoms with E-state index in [0.29, 0.717) is 29.7 Å². The molecule has 3 rings (SSSR count). The van der Waals surface area contributed by atoms with Crippen molar-refractivity contribution in [2.24, 2.45) is 0 Å². The molecule has 0 saturated carbocycles. The lowest BCUT2D eigenvalue weighted by Gasteiger charge is -2.32. The second-order valence-corrected chi connectivity index (χ2v) is 6.77. The number of nitrogens with zero attached hydrogens (tertiary/aromatic N) is 3. The van der Waals surface area contributed by atoms with E-state index in [0.717, 1.165) is 37.4 Å². The molecular weight excluding hydrogens is 342 g/mol. The van der Waals surface area contributed by atoms with Crippen LogP contribution in [0.4, 0.5) is 5.82 Å². The number of hydrogen-bond acceptors (Lipinski definition) is 5. The van der Waals surface area contributed by atoms with Gasteiger partial charge in [0.1, 0.15) is 11.5 Å². The number of esters is 1. The molecule has 0 N–H and O–H groups in total. The van der Waals surface area contributed by atoms with E-state index in [9.17, 15) is 9.59 Å². The Labute approximate surface area is 159 Å². The standard InChI is InChI=1S/C21H27N3O3/c1-4-24-20-16(10-9-15(3)22-20)19(26)17(11-12-18(25)27-5-2)21(24)23-13-7-6-8-14-23/h9-12H,4-8,13-14H2,1-3H3/b12-11+. The fourth-order valence-corrected chi connectivity index (χ4v) is 3.66. The van der Waals surface area contributed by atoms with Gasteiger partial charge in [-0.2, -0.15) is 0 Å². The summed E-state index contributed by atoms with van der Waals surface area (Å²) >= 11 is 0. The highest BCUT2D eigenvalue weighted by Crippen LogP contribution is 2.27. The van der Waals surface area contributed by atoms with Crippen LogP contribution >= 0.6 is 0 Å². The smallest absolute Gasteiger partial charge is 0.330 e. The normalized spacial score (nSPS) is 14.9. The van der Waals surface area contributed by atoms with Crippen molar-refractivity contribution in [2.75, 3.05) is 24.6 Å². The van der Waals surface area contributed by atoms with Crippen LogP contribution in [0.1, 0.15) is 44.4 Å². The Hall–Kier alpha value is -2.63. The van der Waals surface area contributed by atoms with Crippen molar-refractivity contribution in [3.8, 4) is 0 Å². The summed E-state index contributed by atoms with van der Waals surface area (Å²) in [6, 6.07) is 3.68. The minimum atomic E-state index is -0.438. The van der Waals surface area contributed by atoms with Crippen molar-refractivity contribution in [2.45, 2.75) is 46.6 Å². The molecule has 0 atom stereocenters. The van der Waals surface area contributed by atoms with Gasteiger partial charge in [-0.25, -0.2) is 9.78 Å². The fourth-order valence-electron chi connectivity index (χ4n) is 3.66. The molecule has 3 heterocycles. The Morgan fingerprint density at radius 2 is 1.96 bits per heavy atom. The van der Waals surface area contributed by atoms with E-state index in [1.54, 1.807) is 13.0 Å². The molecule has 27 heavy (non-hydrogen) atoms. The molecule has 0 spiro atoms. The number of rotatable bonds is 5. The highest BCUT2D eigenvalue weighted by Gasteiger charge is 2.22. The highest BCUT2D eigenvalue weighted by molar-refractivity contribution is 5.90. The maximum Gasteiger partial charge on any atom is 0.330 e. The maximum atomic E-state index is 13.3. The zero-order valence-corrected chi connectivity index (χ0v) is 16.3. The number of ether oxygens (including phenoxy) is 1. The molecule has 1 fully saturated rings. The Morgan fingerprint density at radius 3 is 2.63 bits per heavy atom. The molecule has 1 aliphatic rings. The Bertz CT molecular complexity index is 924. The average molecular weight is 369 g/mol. The lowest BCUT2D eigenvalue weighted by atomic mass is 10.1. The topological polar surface area (TPSA) is 64.4 Å². The Kier molecular flexibility index (Phi) is 5.94.